The number of hydrogen-bond donors (Lipinski definition) is 2. The van der Waals surface area contributed by atoms with Crippen molar-refractivity contribution in [1.82, 2.24) is 15.1 Å². The van der Waals surface area contributed by atoms with Gasteiger partial charge in [0.25, 0.3) is 0 Å². The minimum Gasteiger partial charge on any atom is -0.392 e. The molecule has 0 bridgehead atoms. The van der Waals surface area contributed by atoms with Crippen LogP contribution in [-0.4, -0.2) is 45.3 Å². The van der Waals surface area contributed by atoms with Gasteiger partial charge >= 0.3 is 5.76 Å². The van der Waals surface area contributed by atoms with Crippen LogP contribution in [0.25, 0.3) is 0 Å². The number of nitrogens with zero attached hydrogens (tertiary/aromatic N) is 2. The first-order valence-electron chi connectivity index (χ1n) is 7.05. The minimum atomic E-state index is -0.593. The third-order valence-electron chi connectivity index (χ3n) is 4.00. The summed E-state index contributed by atoms with van der Waals surface area (Å²) in [6.45, 7) is 4.82. The molecule has 1 amide bonds. The van der Waals surface area contributed by atoms with Gasteiger partial charge in [0, 0.05) is 19.0 Å². The number of aromatic nitrogens is 2. The van der Waals surface area contributed by atoms with E-state index in [9.17, 15) is 14.7 Å². The fourth-order valence-electron chi connectivity index (χ4n) is 2.57. The van der Waals surface area contributed by atoms with E-state index < -0.39 is 11.9 Å². The number of likely N-dealkylation sites (tertiary alicyclic amines) is 1. The zero-order valence-corrected chi connectivity index (χ0v) is 11.8. The molecule has 2 N–H and O–H groups in total. The molecule has 0 spiro atoms. The van der Waals surface area contributed by atoms with E-state index in [2.05, 4.69) is 10.2 Å². The van der Waals surface area contributed by atoms with Crippen LogP contribution >= 0.6 is 0 Å². The molecular formula is C13H21N3O4. The molecule has 1 aromatic heterocycles. The monoisotopic (exact) mass is 283 g/mol. The van der Waals surface area contributed by atoms with Crippen LogP contribution in [0.3, 0.4) is 0 Å². The molecule has 20 heavy (non-hydrogen) atoms. The topological polar surface area (TPSA) is 99.4 Å². The Morgan fingerprint density at radius 2 is 2.20 bits per heavy atom. The molecule has 0 aromatic carbocycles. The molecule has 7 nitrogen and oxygen atoms in total. The van der Waals surface area contributed by atoms with Gasteiger partial charge < -0.3 is 14.4 Å². The first-order chi connectivity index (χ1) is 9.52. The number of rotatable bonds is 4. The Bertz CT molecular complexity index is 502. The first kappa shape index (κ1) is 14.8. The zero-order valence-electron chi connectivity index (χ0n) is 11.8. The SMILES string of the molecule is CCC(O)C(C)C(=O)N1CCC(c2n[nH]c(=O)o2)CC1. The van der Waals surface area contributed by atoms with Crippen molar-refractivity contribution < 1.29 is 14.3 Å². The summed E-state index contributed by atoms with van der Waals surface area (Å²) < 4.78 is 4.96. The van der Waals surface area contributed by atoms with E-state index in [0.29, 0.717) is 38.2 Å². The van der Waals surface area contributed by atoms with Crippen LogP contribution in [0.1, 0.15) is 44.9 Å². The third-order valence-corrected chi connectivity index (χ3v) is 4.00. The number of H-pyrrole nitrogens is 1. The number of carbonyl (C=O) groups excluding carboxylic acids is 1. The lowest BCUT2D eigenvalue weighted by atomic mass is 9.94. The van der Waals surface area contributed by atoms with E-state index in [0.717, 1.165) is 0 Å². The minimum absolute atomic E-state index is 0.0127. The highest BCUT2D eigenvalue weighted by molar-refractivity contribution is 5.79. The van der Waals surface area contributed by atoms with Gasteiger partial charge in [0.15, 0.2) is 0 Å². The maximum atomic E-state index is 12.2. The molecule has 1 aliphatic rings. The van der Waals surface area contributed by atoms with Gasteiger partial charge in [-0.25, -0.2) is 9.89 Å². The van der Waals surface area contributed by atoms with Gasteiger partial charge in [-0.1, -0.05) is 13.8 Å². The number of amides is 1. The Balaban J connectivity index is 1.91. The summed E-state index contributed by atoms with van der Waals surface area (Å²) in [6, 6.07) is 0. The number of piperidine rings is 1. The van der Waals surface area contributed by atoms with Crippen molar-refractivity contribution in [1.29, 1.82) is 0 Å². The molecule has 0 saturated carbocycles. The highest BCUT2D eigenvalue weighted by Gasteiger charge is 2.30. The van der Waals surface area contributed by atoms with Crippen molar-refractivity contribution >= 4 is 5.91 Å². The third kappa shape index (κ3) is 3.09. The van der Waals surface area contributed by atoms with Gasteiger partial charge in [0.1, 0.15) is 0 Å². The van der Waals surface area contributed by atoms with Crippen molar-refractivity contribution in [3.8, 4) is 0 Å². The molecular weight excluding hydrogens is 262 g/mol. The van der Waals surface area contributed by atoms with Gasteiger partial charge in [-0.2, -0.15) is 0 Å². The lowest BCUT2D eigenvalue weighted by molar-refractivity contribution is -0.139. The molecule has 2 rings (SSSR count). The molecule has 2 unspecified atom stereocenters. The second kappa shape index (κ2) is 6.21. The van der Waals surface area contributed by atoms with Crippen LogP contribution in [0.2, 0.25) is 0 Å². The molecule has 1 saturated heterocycles. The van der Waals surface area contributed by atoms with Gasteiger partial charge in [-0.15, -0.1) is 5.10 Å². The Morgan fingerprint density at radius 1 is 1.55 bits per heavy atom. The lowest BCUT2D eigenvalue weighted by Gasteiger charge is -2.33. The van der Waals surface area contributed by atoms with Gasteiger partial charge in [0.05, 0.1) is 12.0 Å². The molecule has 1 aliphatic heterocycles. The van der Waals surface area contributed by atoms with Gasteiger partial charge in [0.2, 0.25) is 11.8 Å². The summed E-state index contributed by atoms with van der Waals surface area (Å²) >= 11 is 0. The second-order valence-corrected chi connectivity index (χ2v) is 5.32. The Kier molecular flexibility index (Phi) is 4.59. The van der Waals surface area contributed by atoms with E-state index in [4.69, 9.17) is 4.42 Å². The molecule has 2 atom stereocenters. The Hall–Kier alpha value is -1.63. The predicted octanol–water partition coefficient (Wildman–Crippen LogP) is 0.476. The number of aliphatic hydroxyl groups is 1. The predicted molar refractivity (Wildman–Crippen MR) is 71.1 cm³/mol. The highest BCUT2D eigenvalue weighted by Crippen LogP contribution is 2.26. The Morgan fingerprint density at radius 3 is 2.70 bits per heavy atom. The van der Waals surface area contributed by atoms with Crippen molar-refractivity contribution in [2.24, 2.45) is 5.92 Å². The summed E-state index contributed by atoms with van der Waals surface area (Å²) in [5, 5.41) is 15.8. The number of aliphatic hydroxyl groups excluding tert-OH is 1. The maximum Gasteiger partial charge on any atom is 0.434 e. The zero-order chi connectivity index (χ0) is 14.7. The molecule has 7 heteroatoms. The summed E-state index contributed by atoms with van der Waals surface area (Å²) in [5.74, 6) is -0.438. The number of carbonyl (C=O) groups is 1. The highest BCUT2D eigenvalue weighted by atomic mass is 16.4. The van der Waals surface area contributed by atoms with Gasteiger partial charge in [-0.3, -0.25) is 4.79 Å². The molecule has 112 valence electrons. The summed E-state index contributed by atoms with van der Waals surface area (Å²) in [6.07, 6.45) is 1.41. The van der Waals surface area contributed by atoms with Crippen LogP contribution in [0.4, 0.5) is 0 Å². The molecule has 0 radical (unpaired) electrons. The molecule has 1 fully saturated rings. The second-order valence-electron chi connectivity index (χ2n) is 5.32. The summed E-state index contributed by atoms with van der Waals surface area (Å²) in [5.41, 5.74) is 0. The van der Waals surface area contributed by atoms with Crippen molar-refractivity contribution in [2.75, 3.05) is 13.1 Å². The summed E-state index contributed by atoms with van der Waals surface area (Å²) in [4.78, 5) is 24.9. The Labute approximate surface area is 117 Å². The average molecular weight is 283 g/mol. The average Bonchev–Trinajstić information content (AvgIpc) is 2.91. The molecule has 1 aromatic rings. The van der Waals surface area contributed by atoms with Gasteiger partial charge in [-0.05, 0) is 19.3 Å². The summed E-state index contributed by atoms with van der Waals surface area (Å²) in [7, 11) is 0. The number of aromatic amines is 1. The van der Waals surface area contributed by atoms with Crippen molar-refractivity contribution in [3.63, 3.8) is 0 Å². The van der Waals surface area contributed by atoms with Crippen LogP contribution in [0.5, 0.6) is 0 Å². The van der Waals surface area contributed by atoms with Crippen LogP contribution in [-0.2, 0) is 4.79 Å². The van der Waals surface area contributed by atoms with E-state index in [-0.39, 0.29) is 17.7 Å². The van der Waals surface area contributed by atoms with E-state index >= 15 is 0 Å². The fourth-order valence-corrected chi connectivity index (χ4v) is 2.57. The van der Waals surface area contributed by atoms with Crippen molar-refractivity contribution in [3.05, 3.63) is 16.4 Å². The fraction of sp³-hybridized carbons (Fsp3) is 0.769. The lowest BCUT2D eigenvalue weighted by Crippen LogP contribution is -2.43. The number of nitrogens with one attached hydrogen (secondary N) is 1. The standard InChI is InChI=1S/C13H21N3O4/c1-3-10(17)8(2)12(18)16-6-4-9(5-7-16)11-14-15-13(19)20-11/h8-10,17H,3-7H2,1-2H3,(H,15,19). The van der Waals surface area contributed by atoms with E-state index in [1.54, 1.807) is 11.8 Å². The maximum absolute atomic E-state index is 12.2. The van der Waals surface area contributed by atoms with Crippen LogP contribution in [0.15, 0.2) is 9.21 Å². The van der Waals surface area contributed by atoms with E-state index in [1.807, 2.05) is 6.92 Å². The van der Waals surface area contributed by atoms with Crippen molar-refractivity contribution in [2.45, 2.75) is 45.1 Å². The number of hydrogen-bond acceptors (Lipinski definition) is 5. The smallest absolute Gasteiger partial charge is 0.392 e. The molecule has 2 heterocycles. The first-order valence-corrected chi connectivity index (χ1v) is 7.05. The van der Waals surface area contributed by atoms with E-state index in [1.165, 1.54) is 0 Å². The largest absolute Gasteiger partial charge is 0.434 e. The molecule has 0 aliphatic carbocycles. The van der Waals surface area contributed by atoms with Crippen LogP contribution in [0, 0.1) is 5.92 Å². The quantitative estimate of drug-likeness (QED) is 0.837. The van der Waals surface area contributed by atoms with Crippen LogP contribution < -0.4 is 5.76 Å². The normalized spacial score (nSPS) is 19.9.